The summed E-state index contributed by atoms with van der Waals surface area (Å²) in [6.07, 6.45) is 2.84. The Kier molecular flexibility index (Phi) is 11.6. The van der Waals surface area contributed by atoms with Crippen molar-refractivity contribution in [1.82, 2.24) is 9.80 Å². The first kappa shape index (κ1) is 32.0. The van der Waals surface area contributed by atoms with Gasteiger partial charge in [0.2, 0.25) is 0 Å². The molecule has 2 aliphatic heterocycles. The lowest BCUT2D eigenvalue weighted by molar-refractivity contribution is -0.385. The molecule has 3 aromatic rings. The van der Waals surface area contributed by atoms with E-state index in [-0.39, 0.29) is 18.9 Å². The molecule has 43 heavy (non-hydrogen) atoms. The van der Waals surface area contributed by atoms with E-state index in [1.807, 2.05) is 18.2 Å². The van der Waals surface area contributed by atoms with Crippen LogP contribution in [0.4, 0.5) is 17.1 Å². The molecule has 0 atom stereocenters. The van der Waals surface area contributed by atoms with Crippen LogP contribution in [0.5, 0.6) is 11.5 Å². The van der Waals surface area contributed by atoms with E-state index in [1.165, 1.54) is 24.4 Å². The summed E-state index contributed by atoms with van der Waals surface area (Å²) in [5.74, 6) is 1.16. The highest BCUT2D eigenvalue weighted by Gasteiger charge is 2.23. The smallest absolute Gasteiger partial charge is 0.311 e. The number of nitro benzene ring substituents is 1. The van der Waals surface area contributed by atoms with Crippen LogP contribution in [0.25, 0.3) is 0 Å². The predicted molar refractivity (Wildman–Crippen MR) is 178 cm³/mol. The van der Waals surface area contributed by atoms with Crippen molar-refractivity contribution in [3.05, 3.63) is 88.5 Å². The fraction of sp³-hybridized carbons (Fsp3) is 0.424. The third kappa shape index (κ3) is 8.81. The number of thiocarbonyl (C=S) groups is 1. The second-order valence-corrected chi connectivity index (χ2v) is 11.3. The standard InChI is InChI=1S/C32H39N5O4S.CH4/c1-40-31-23-27(7-12-30(31)37(38)39)33-26-13-17-36(18-14-26)32(42)15-16-34-19-21-35(22-20-34)28-8-10-29(11-9-28)41-24-25-5-3-2-4-6-25;/h2-12,23,26,33H,13-22,24H2,1H3;1H4. The average molecular weight is 606 g/mol. The van der Waals surface area contributed by atoms with Crippen molar-refractivity contribution in [2.75, 3.05) is 63.1 Å². The first-order chi connectivity index (χ1) is 20.5. The molecule has 10 heteroatoms. The van der Waals surface area contributed by atoms with Gasteiger partial charge in [-0.3, -0.25) is 15.0 Å². The van der Waals surface area contributed by atoms with E-state index in [9.17, 15) is 10.1 Å². The van der Waals surface area contributed by atoms with Crippen LogP contribution in [0, 0.1) is 10.1 Å². The molecule has 0 spiro atoms. The highest BCUT2D eigenvalue weighted by molar-refractivity contribution is 7.80. The summed E-state index contributed by atoms with van der Waals surface area (Å²) in [5, 5.41) is 14.7. The van der Waals surface area contributed by atoms with Crippen LogP contribution in [0.2, 0.25) is 0 Å². The number of hydrogen-bond acceptors (Lipinski definition) is 8. The number of benzene rings is 3. The molecule has 0 bridgehead atoms. The number of nitro groups is 1. The summed E-state index contributed by atoms with van der Waals surface area (Å²) in [6.45, 7) is 7.45. The molecule has 2 aliphatic rings. The quantitative estimate of drug-likeness (QED) is 0.155. The van der Waals surface area contributed by atoms with Gasteiger partial charge in [0.1, 0.15) is 12.4 Å². The van der Waals surface area contributed by atoms with Gasteiger partial charge in [-0.2, -0.15) is 0 Å². The number of piperazine rings is 1. The Morgan fingerprint density at radius 1 is 0.977 bits per heavy atom. The van der Waals surface area contributed by atoms with Gasteiger partial charge in [-0.1, -0.05) is 50.0 Å². The monoisotopic (exact) mass is 605 g/mol. The highest BCUT2D eigenvalue weighted by Crippen LogP contribution is 2.30. The zero-order chi connectivity index (χ0) is 29.3. The van der Waals surface area contributed by atoms with Crippen LogP contribution in [-0.2, 0) is 6.61 Å². The van der Waals surface area contributed by atoms with Gasteiger partial charge in [0.05, 0.1) is 17.0 Å². The van der Waals surface area contributed by atoms with Gasteiger partial charge in [0.25, 0.3) is 0 Å². The molecule has 230 valence electrons. The molecule has 2 heterocycles. The van der Waals surface area contributed by atoms with E-state index in [1.54, 1.807) is 12.1 Å². The lowest BCUT2D eigenvalue weighted by Crippen LogP contribution is -2.48. The molecule has 1 N–H and O–H groups in total. The number of hydrogen-bond donors (Lipinski definition) is 1. The van der Waals surface area contributed by atoms with Crippen LogP contribution in [0.3, 0.4) is 0 Å². The summed E-state index contributed by atoms with van der Waals surface area (Å²) in [7, 11) is 1.45. The Hall–Kier alpha value is -3.89. The van der Waals surface area contributed by atoms with Gasteiger partial charge in [-0.05, 0) is 48.7 Å². The molecule has 0 aromatic heterocycles. The molecule has 0 radical (unpaired) electrons. The minimum atomic E-state index is -0.426. The maximum atomic E-state index is 11.2. The van der Waals surface area contributed by atoms with Crippen molar-refractivity contribution in [2.24, 2.45) is 0 Å². The van der Waals surface area contributed by atoms with Gasteiger partial charge in [0, 0.05) is 81.8 Å². The Morgan fingerprint density at radius 3 is 2.33 bits per heavy atom. The second kappa shape index (κ2) is 15.5. The van der Waals surface area contributed by atoms with Crippen LogP contribution < -0.4 is 19.7 Å². The Bertz CT molecular complexity index is 1320. The molecule has 9 nitrogen and oxygen atoms in total. The molecule has 0 unspecified atom stereocenters. The van der Waals surface area contributed by atoms with E-state index >= 15 is 0 Å². The van der Waals surface area contributed by atoms with Gasteiger partial charge < -0.3 is 24.6 Å². The van der Waals surface area contributed by atoms with Crippen molar-refractivity contribution in [3.63, 3.8) is 0 Å². The third-order valence-electron chi connectivity index (χ3n) is 8.06. The topological polar surface area (TPSA) is 83.4 Å². The molecular formula is C33H43N5O4S. The molecule has 2 saturated heterocycles. The lowest BCUT2D eigenvalue weighted by atomic mass is 10.0. The van der Waals surface area contributed by atoms with E-state index in [0.717, 1.165) is 81.5 Å². The maximum Gasteiger partial charge on any atom is 0.311 e. The van der Waals surface area contributed by atoms with Gasteiger partial charge in [0.15, 0.2) is 5.75 Å². The van der Waals surface area contributed by atoms with Crippen LogP contribution in [-0.4, -0.2) is 78.7 Å². The SMILES string of the molecule is C.COc1cc(NC2CCN(C(=S)CCN3CCN(c4ccc(OCc5ccccc5)cc4)CC3)CC2)ccc1[N+](=O)[O-]. The number of piperidine rings is 1. The van der Waals surface area contributed by atoms with Gasteiger partial charge in [-0.15, -0.1) is 0 Å². The van der Waals surface area contributed by atoms with Crippen LogP contribution in [0.15, 0.2) is 72.8 Å². The number of nitrogens with zero attached hydrogens (tertiary/aromatic N) is 4. The van der Waals surface area contributed by atoms with Gasteiger partial charge >= 0.3 is 5.69 Å². The number of likely N-dealkylation sites (tertiary alicyclic amines) is 1. The van der Waals surface area contributed by atoms with E-state index in [0.29, 0.717) is 12.6 Å². The number of rotatable bonds is 11. The summed E-state index contributed by atoms with van der Waals surface area (Å²) < 4.78 is 11.1. The minimum absolute atomic E-state index is 0. The summed E-state index contributed by atoms with van der Waals surface area (Å²) >= 11 is 5.82. The zero-order valence-electron chi connectivity index (χ0n) is 24.1. The van der Waals surface area contributed by atoms with E-state index < -0.39 is 4.92 Å². The van der Waals surface area contributed by atoms with Crippen molar-refractivity contribution in [3.8, 4) is 11.5 Å². The van der Waals surface area contributed by atoms with Crippen LogP contribution in [0.1, 0.15) is 32.3 Å². The number of ether oxygens (including phenoxy) is 2. The first-order valence-electron chi connectivity index (χ1n) is 14.6. The normalized spacial score (nSPS) is 15.8. The third-order valence-corrected chi connectivity index (χ3v) is 8.52. The van der Waals surface area contributed by atoms with Crippen LogP contribution >= 0.6 is 12.2 Å². The maximum absolute atomic E-state index is 11.2. The Balaban J connectivity index is 0.00000423. The molecule has 3 aromatic carbocycles. The van der Waals surface area contributed by atoms with Crippen molar-refractivity contribution < 1.29 is 14.4 Å². The summed E-state index contributed by atoms with van der Waals surface area (Å²) in [6, 6.07) is 23.9. The Labute approximate surface area is 260 Å². The molecule has 5 rings (SSSR count). The number of anilines is 2. The molecule has 0 aliphatic carbocycles. The first-order valence-corrected chi connectivity index (χ1v) is 15.0. The molecule has 2 fully saturated rings. The predicted octanol–water partition coefficient (Wildman–Crippen LogP) is 6.23. The lowest BCUT2D eigenvalue weighted by Gasteiger charge is -2.37. The summed E-state index contributed by atoms with van der Waals surface area (Å²) in [5.41, 5.74) is 3.22. The van der Waals surface area contributed by atoms with Crippen molar-refractivity contribution >= 4 is 34.3 Å². The average Bonchev–Trinajstić information content (AvgIpc) is 3.04. The van der Waals surface area contributed by atoms with E-state index in [2.05, 4.69) is 56.4 Å². The number of methoxy groups -OCH3 is 1. The fourth-order valence-corrected chi connectivity index (χ4v) is 5.84. The molecule has 0 amide bonds. The van der Waals surface area contributed by atoms with Crippen molar-refractivity contribution in [1.29, 1.82) is 0 Å². The minimum Gasteiger partial charge on any atom is -0.490 e. The van der Waals surface area contributed by atoms with E-state index in [4.69, 9.17) is 21.7 Å². The fourth-order valence-electron chi connectivity index (χ4n) is 5.56. The second-order valence-electron chi connectivity index (χ2n) is 10.8. The highest BCUT2D eigenvalue weighted by atomic mass is 32.1. The van der Waals surface area contributed by atoms with Crippen molar-refractivity contribution in [2.45, 2.75) is 39.3 Å². The summed E-state index contributed by atoms with van der Waals surface area (Å²) in [4.78, 5) is 19.1. The number of nitrogens with one attached hydrogen (secondary N) is 1. The van der Waals surface area contributed by atoms with Gasteiger partial charge in [-0.25, -0.2) is 0 Å². The Morgan fingerprint density at radius 2 is 1.67 bits per heavy atom. The zero-order valence-corrected chi connectivity index (χ0v) is 24.9. The molecule has 0 saturated carbocycles. The molecular weight excluding hydrogens is 562 g/mol. The largest absolute Gasteiger partial charge is 0.490 e.